The van der Waals surface area contributed by atoms with Gasteiger partial charge in [-0.15, -0.1) is 16.4 Å². The number of fused-ring (bicyclic) bond motifs is 2. The van der Waals surface area contributed by atoms with Crippen molar-refractivity contribution in [1.29, 1.82) is 0 Å². The normalized spacial score (nSPS) is 11.4. The molecule has 5 aromatic rings. The molecule has 0 aliphatic rings. The maximum Gasteiger partial charge on any atom is 0.158 e. The van der Waals surface area contributed by atoms with E-state index >= 15 is 0 Å². The van der Waals surface area contributed by atoms with Gasteiger partial charge in [-0.2, -0.15) is 5.10 Å². The minimum atomic E-state index is 0.663. The van der Waals surface area contributed by atoms with Gasteiger partial charge in [0.15, 0.2) is 5.82 Å². The van der Waals surface area contributed by atoms with Crippen molar-refractivity contribution >= 4 is 38.0 Å². The highest BCUT2D eigenvalue weighted by Crippen LogP contribution is 2.35. The molecule has 0 aliphatic heterocycles. The number of benzene rings is 2. The van der Waals surface area contributed by atoms with Crippen LogP contribution in [0.3, 0.4) is 0 Å². The molecule has 3 heterocycles. The lowest BCUT2D eigenvalue weighted by molar-refractivity contribution is 0.340. The van der Waals surface area contributed by atoms with E-state index in [0.717, 1.165) is 46.0 Å². The summed E-state index contributed by atoms with van der Waals surface area (Å²) in [5.74, 6) is 1.71. The Balaban J connectivity index is 1.54. The van der Waals surface area contributed by atoms with Gasteiger partial charge in [0.25, 0.3) is 0 Å². The van der Waals surface area contributed by atoms with E-state index in [4.69, 9.17) is 4.74 Å². The number of nitrogens with one attached hydrogen (secondary N) is 1. The lowest BCUT2D eigenvalue weighted by atomic mass is 10.1. The summed E-state index contributed by atoms with van der Waals surface area (Å²) >= 11 is 1.81. The topological polar surface area (TPSA) is 52.0 Å². The molecule has 5 rings (SSSR count). The molecule has 0 bridgehead atoms. The molecule has 0 spiro atoms. The Labute approximate surface area is 191 Å². The fourth-order valence-corrected chi connectivity index (χ4v) is 5.46. The van der Waals surface area contributed by atoms with E-state index in [0.29, 0.717) is 6.61 Å². The predicted octanol–water partition coefficient (Wildman–Crippen LogP) is 6.57. The number of anilines is 1. The van der Waals surface area contributed by atoms with Crippen LogP contribution >= 0.6 is 11.3 Å². The Kier molecular flexibility index (Phi) is 5.31. The largest absolute Gasteiger partial charge is 0.494 e. The summed E-state index contributed by atoms with van der Waals surface area (Å²) in [4.78, 5) is 1.28. The highest BCUT2D eigenvalue weighted by atomic mass is 32.1. The standard InChI is InChI=1S/C26H26N4OS/c1-5-31-21-12-10-20(11-13-21)30-17(3)24-16(2)28-29-26(25(24)18(30)4)27-15-22-14-19-8-6-7-9-23(19)32-22/h6-14H,5,15H2,1-4H3,(H,27,29). The fraction of sp³-hybridized carbons (Fsp3) is 0.231. The Bertz CT molecular complexity index is 1380. The number of aryl methyl sites for hydroxylation is 3. The molecule has 0 amide bonds. The molecule has 0 radical (unpaired) electrons. The average molecular weight is 443 g/mol. The second-order valence-corrected chi connectivity index (χ2v) is 9.09. The van der Waals surface area contributed by atoms with Gasteiger partial charge >= 0.3 is 0 Å². The molecule has 162 valence electrons. The SMILES string of the molecule is CCOc1ccc(-n2c(C)c3c(C)nnc(NCc4cc5ccccc5s4)c3c2C)cc1. The quantitative estimate of drug-likeness (QED) is 0.323. The van der Waals surface area contributed by atoms with E-state index in [-0.39, 0.29) is 0 Å². The zero-order valence-electron chi connectivity index (χ0n) is 18.8. The number of thiophene rings is 1. The van der Waals surface area contributed by atoms with E-state index in [9.17, 15) is 0 Å². The van der Waals surface area contributed by atoms with Crippen molar-refractivity contribution in [2.45, 2.75) is 34.2 Å². The Morgan fingerprint density at radius 1 is 0.938 bits per heavy atom. The van der Waals surface area contributed by atoms with Crippen LogP contribution in [0, 0.1) is 20.8 Å². The highest BCUT2D eigenvalue weighted by molar-refractivity contribution is 7.19. The third kappa shape index (κ3) is 3.50. The van der Waals surface area contributed by atoms with Gasteiger partial charge in [0.2, 0.25) is 0 Å². The van der Waals surface area contributed by atoms with E-state index in [1.54, 1.807) is 0 Å². The fourth-order valence-electron chi connectivity index (χ4n) is 4.46. The first kappa shape index (κ1) is 20.5. The lowest BCUT2D eigenvalue weighted by Crippen LogP contribution is -2.03. The zero-order valence-corrected chi connectivity index (χ0v) is 19.6. The van der Waals surface area contributed by atoms with Gasteiger partial charge in [0.1, 0.15) is 5.75 Å². The average Bonchev–Trinajstić information content (AvgIpc) is 3.33. The van der Waals surface area contributed by atoms with E-state index in [2.05, 4.69) is 76.4 Å². The van der Waals surface area contributed by atoms with Crippen molar-refractivity contribution in [3.8, 4) is 11.4 Å². The molecule has 0 saturated heterocycles. The van der Waals surface area contributed by atoms with Crippen LogP contribution in [0.25, 0.3) is 26.5 Å². The third-order valence-electron chi connectivity index (χ3n) is 5.86. The lowest BCUT2D eigenvalue weighted by Gasteiger charge is -2.11. The van der Waals surface area contributed by atoms with E-state index < -0.39 is 0 Å². The summed E-state index contributed by atoms with van der Waals surface area (Å²) in [5, 5.41) is 16.1. The smallest absolute Gasteiger partial charge is 0.158 e. The van der Waals surface area contributed by atoms with Crippen molar-refractivity contribution in [2.24, 2.45) is 0 Å². The van der Waals surface area contributed by atoms with Crippen molar-refractivity contribution in [3.05, 3.63) is 76.6 Å². The minimum absolute atomic E-state index is 0.663. The molecule has 0 aliphatic carbocycles. The molecular weight excluding hydrogens is 416 g/mol. The Hall–Kier alpha value is -3.38. The maximum atomic E-state index is 5.61. The van der Waals surface area contributed by atoms with Crippen molar-refractivity contribution in [3.63, 3.8) is 0 Å². The molecule has 5 nitrogen and oxygen atoms in total. The summed E-state index contributed by atoms with van der Waals surface area (Å²) in [6.45, 7) is 9.71. The van der Waals surface area contributed by atoms with Crippen molar-refractivity contribution < 1.29 is 4.74 Å². The Morgan fingerprint density at radius 3 is 2.44 bits per heavy atom. The zero-order chi connectivity index (χ0) is 22.2. The maximum absolute atomic E-state index is 5.61. The van der Waals surface area contributed by atoms with Crippen LogP contribution in [0.1, 0.15) is 28.9 Å². The van der Waals surface area contributed by atoms with E-state index in [1.165, 1.54) is 20.7 Å². The molecular formula is C26H26N4OS. The van der Waals surface area contributed by atoms with Gasteiger partial charge in [0, 0.05) is 37.4 Å². The summed E-state index contributed by atoms with van der Waals surface area (Å²) in [6.07, 6.45) is 0. The van der Waals surface area contributed by atoms with Gasteiger partial charge in [-0.25, -0.2) is 0 Å². The molecule has 0 atom stereocenters. The summed E-state index contributed by atoms with van der Waals surface area (Å²) < 4.78 is 9.19. The highest BCUT2D eigenvalue weighted by Gasteiger charge is 2.19. The summed E-state index contributed by atoms with van der Waals surface area (Å²) in [6, 6.07) is 19.0. The molecule has 1 N–H and O–H groups in total. The molecule has 32 heavy (non-hydrogen) atoms. The van der Waals surface area contributed by atoms with Gasteiger partial charge in [-0.05, 0) is 69.5 Å². The second kappa shape index (κ2) is 8.28. The van der Waals surface area contributed by atoms with Gasteiger partial charge in [-0.1, -0.05) is 18.2 Å². The first-order valence-electron chi connectivity index (χ1n) is 10.9. The molecule has 0 fully saturated rings. The second-order valence-electron chi connectivity index (χ2n) is 7.92. The molecule has 3 aromatic heterocycles. The number of aromatic nitrogens is 3. The van der Waals surface area contributed by atoms with Crippen LogP contribution in [-0.2, 0) is 6.54 Å². The third-order valence-corrected chi connectivity index (χ3v) is 6.97. The molecule has 2 aromatic carbocycles. The molecule has 0 unspecified atom stereocenters. The van der Waals surface area contributed by atoms with Crippen LogP contribution in [0.5, 0.6) is 5.75 Å². The van der Waals surface area contributed by atoms with Crippen LogP contribution in [0.2, 0.25) is 0 Å². The monoisotopic (exact) mass is 442 g/mol. The molecule has 6 heteroatoms. The first-order valence-corrected chi connectivity index (χ1v) is 11.7. The number of nitrogens with zero attached hydrogens (tertiary/aromatic N) is 3. The summed E-state index contributed by atoms with van der Waals surface area (Å²) in [5.41, 5.74) is 4.37. The van der Waals surface area contributed by atoms with Gasteiger partial charge in [-0.3, -0.25) is 0 Å². The Morgan fingerprint density at radius 2 is 1.69 bits per heavy atom. The number of rotatable bonds is 6. The number of ether oxygens (including phenoxy) is 1. The minimum Gasteiger partial charge on any atom is -0.494 e. The van der Waals surface area contributed by atoms with Crippen LogP contribution in [-0.4, -0.2) is 21.4 Å². The van der Waals surface area contributed by atoms with E-state index in [1.807, 2.05) is 37.3 Å². The first-order chi connectivity index (χ1) is 15.6. The van der Waals surface area contributed by atoms with Crippen LogP contribution in [0.4, 0.5) is 5.82 Å². The van der Waals surface area contributed by atoms with Crippen LogP contribution < -0.4 is 10.1 Å². The van der Waals surface area contributed by atoms with Gasteiger partial charge < -0.3 is 14.6 Å². The number of hydrogen-bond acceptors (Lipinski definition) is 5. The predicted molar refractivity (Wildman–Crippen MR) is 133 cm³/mol. The van der Waals surface area contributed by atoms with Gasteiger partial charge in [0.05, 0.1) is 18.8 Å². The summed E-state index contributed by atoms with van der Waals surface area (Å²) in [7, 11) is 0. The van der Waals surface area contributed by atoms with Crippen LogP contribution in [0.15, 0.2) is 54.6 Å². The van der Waals surface area contributed by atoms with Crippen molar-refractivity contribution in [1.82, 2.24) is 14.8 Å². The molecule has 0 saturated carbocycles. The van der Waals surface area contributed by atoms with Crippen molar-refractivity contribution in [2.75, 3.05) is 11.9 Å². The number of hydrogen-bond donors (Lipinski definition) is 1.